The van der Waals surface area contributed by atoms with Gasteiger partial charge < -0.3 is 9.30 Å². The number of morpholine rings is 1. The lowest BCUT2D eigenvalue weighted by atomic mass is 10.2. The highest BCUT2D eigenvalue weighted by atomic mass is 35.5. The molecule has 0 saturated carbocycles. The van der Waals surface area contributed by atoms with E-state index in [2.05, 4.69) is 4.99 Å². The first-order chi connectivity index (χ1) is 14.3. The SMILES string of the molecule is Cn1c(=NC(=O)c2ccc(S(=O)(=O)N3CCOCC3)cc2)sc2c(Cl)ccc(Cl)c21. The monoisotopic (exact) mass is 485 g/mol. The van der Waals surface area contributed by atoms with Crippen molar-refractivity contribution in [2.45, 2.75) is 4.90 Å². The smallest absolute Gasteiger partial charge is 0.279 e. The molecule has 0 spiro atoms. The van der Waals surface area contributed by atoms with Crippen molar-refractivity contribution in [3.63, 3.8) is 0 Å². The normalized spacial score (nSPS) is 16.3. The van der Waals surface area contributed by atoms with E-state index in [0.29, 0.717) is 46.7 Å². The van der Waals surface area contributed by atoms with Crippen molar-refractivity contribution in [3.8, 4) is 0 Å². The fourth-order valence-corrected chi connectivity index (χ4v) is 6.21. The van der Waals surface area contributed by atoms with Gasteiger partial charge in [-0.3, -0.25) is 4.79 Å². The highest BCUT2D eigenvalue weighted by Gasteiger charge is 2.26. The van der Waals surface area contributed by atoms with Gasteiger partial charge in [0.05, 0.1) is 38.4 Å². The van der Waals surface area contributed by atoms with Gasteiger partial charge in [0.1, 0.15) is 0 Å². The first kappa shape index (κ1) is 21.5. The number of thiazole rings is 1. The Morgan fingerprint density at radius 2 is 1.70 bits per heavy atom. The van der Waals surface area contributed by atoms with Gasteiger partial charge in [0.15, 0.2) is 4.80 Å². The molecular formula is C19H17Cl2N3O4S2. The summed E-state index contributed by atoms with van der Waals surface area (Å²) in [5.74, 6) is -0.486. The number of fused-ring (bicyclic) bond motifs is 1. The van der Waals surface area contributed by atoms with Crippen molar-refractivity contribution in [1.82, 2.24) is 8.87 Å². The third-order valence-corrected chi connectivity index (χ3v) is 8.57. The Morgan fingerprint density at radius 3 is 2.33 bits per heavy atom. The second kappa shape index (κ2) is 8.41. The summed E-state index contributed by atoms with van der Waals surface area (Å²) in [5.41, 5.74) is 0.984. The van der Waals surface area contributed by atoms with E-state index in [1.807, 2.05) is 0 Å². The molecule has 11 heteroatoms. The minimum Gasteiger partial charge on any atom is -0.379 e. The van der Waals surface area contributed by atoms with Gasteiger partial charge in [-0.25, -0.2) is 8.42 Å². The number of hydrogen-bond donors (Lipinski definition) is 0. The van der Waals surface area contributed by atoms with Crippen LogP contribution in [0, 0.1) is 0 Å². The Balaban J connectivity index is 1.65. The Labute approximate surface area is 187 Å². The molecule has 2 aromatic carbocycles. The molecule has 30 heavy (non-hydrogen) atoms. The van der Waals surface area contributed by atoms with E-state index in [4.69, 9.17) is 27.9 Å². The van der Waals surface area contributed by atoms with Crippen LogP contribution in [0.4, 0.5) is 0 Å². The Hall–Kier alpha value is -1.75. The van der Waals surface area contributed by atoms with Crippen molar-refractivity contribution in [2.75, 3.05) is 26.3 Å². The van der Waals surface area contributed by atoms with Gasteiger partial charge in [-0.05, 0) is 36.4 Å². The molecule has 1 fully saturated rings. The summed E-state index contributed by atoms with van der Waals surface area (Å²) in [6, 6.07) is 9.16. The van der Waals surface area contributed by atoms with Gasteiger partial charge in [-0.15, -0.1) is 0 Å². The van der Waals surface area contributed by atoms with Crippen LogP contribution in [0.5, 0.6) is 0 Å². The second-order valence-electron chi connectivity index (χ2n) is 6.61. The summed E-state index contributed by atoms with van der Waals surface area (Å²) in [6.45, 7) is 1.36. The number of hydrogen-bond acceptors (Lipinski definition) is 5. The molecule has 0 aliphatic carbocycles. The molecule has 4 rings (SSSR count). The maximum atomic E-state index is 12.7. The van der Waals surface area contributed by atoms with Crippen molar-refractivity contribution >= 4 is 60.7 Å². The minimum atomic E-state index is -3.62. The maximum Gasteiger partial charge on any atom is 0.279 e. The quantitative estimate of drug-likeness (QED) is 0.569. The van der Waals surface area contributed by atoms with Crippen LogP contribution in [-0.4, -0.2) is 49.5 Å². The molecule has 7 nitrogen and oxygen atoms in total. The van der Waals surface area contributed by atoms with E-state index >= 15 is 0 Å². The zero-order valence-corrected chi connectivity index (χ0v) is 19.0. The predicted octanol–water partition coefficient (Wildman–Crippen LogP) is 3.31. The van der Waals surface area contributed by atoms with Gasteiger partial charge in [0.25, 0.3) is 5.91 Å². The number of carbonyl (C=O) groups is 1. The molecule has 1 aliphatic heterocycles. The molecule has 0 N–H and O–H groups in total. The van der Waals surface area contributed by atoms with Gasteiger partial charge in [0, 0.05) is 25.7 Å². The van der Waals surface area contributed by atoms with E-state index in [0.717, 1.165) is 4.70 Å². The Kier molecular flexibility index (Phi) is 6.02. The van der Waals surface area contributed by atoms with Crippen molar-refractivity contribution in [1.29, 1.82) is 0 Å². The number of nitrogens with zero attached hydrogens (tertiary/aromatic N) is 3. The predicted molar refractivity (Wildman–Crippen MR) is 117 cm³/mol. The molecule has 2 heterocycles. The third-order valence-electron chi connectivity index (χ3n) is 4.76. The van der Waals surface area contributed by atoms with Crippen LogP contribution in [0.25, 0.3) is 10.2 Å². The maximum absolute atomic E-state index is 12.7. The number of sulfonamides is 1. The number of halogens is 2. The molecular weight excluding hydrogens is 469 g/mol. The van der Waals surface area contributed by atoms with Gasteiger partial charge in [-0.2, -0.15) is 9.30 Å². The van der Waals surface area contributed by atoms with E-state index in [-0.39, 0.29) is 10.5 Å². The molecule has 1 aromatic heterocycles. The lowest BCUT2D eigenvalue weighted by molar-refractivity contribution is 0.0730. The van der Waals surface area contributed by atoms with Crippen LogP contribution in [0.3, 0.4) is 0 Å². The number of rotatable bonds is 3. The highest BCUT2D eigenvalue weighted by molar-refractivity contribution is 7.89. The number of carbonyl (C=O) groups excluding carboxylic acids is 1. The van der Waals surface area contributed by atoms with E-state index in [9.17, 15) is 13.2 Å². The van der Waals surface area contributed by atoms with Gasteiger partial charge >= 0.3 is 0 Å². The molecule has 1 saturated heterocycles. The topological polar surface area (TPSA) is 81.0 Å². The highest BCUT2D eigenvalue weighted by Crippen LogP contribution is 2.31. The molecule has 1 aliphatic rings. The summed E-state index contributed by atoms with van der Waals surface area (Å²) in [7, 11) is -1.86. The fraction of sp³-hybridized carbons (Fsp3) is 0.263. The van der Waals surface area contributed by atoms with E-state index in [1.165, 1.54) is 39.9 Å². The summed E-state index contributed by atoms with van der Waals surface area (Å²) >= 11 is 13.8. The first-order valence-electron chi connectivity index (χ1n) is 8.99. The first-order valence-corrected chi connectivity index (χ1v) is 12.0. The second-order valence-corrected chi connectivity index (χ2v) is 10.3. The molecule has 3 aromatic rings. The largest absolute Gasteiger partial charge is 0.379 e. The van der Waals surface area contributed by atoms with Gasteiger partial charge in [0.2, 0.25) is 10.0 Å². The zero-order chi connectivity index (χ0) is 21.5. The number of amides is 1. The molecule has 0 atom stereocenters. The number of benzene rings is 2. The van der Waals surface area contributed by atoms with Crippen LogP contribution in [0.1, 0.15) is 10.4 Å². The van der Waals surface area contributed by atoms with Crippen molar-refractivity contribution in [3.05, 3.63) is 56.8 Å². The van der Waals surface area contributed by atoms with E-state index in [1.54, 1.807) is 23.7 Å². The molecule has 0 unspecified atom stereocenters. The average molecular weight is 486 g/mol. The lowest BCUT2D eigenvalue weighted by Crippen LogP contribution is -2.40. The van der Waals surface area contributed by atoms with Crippen molar-refractivity contribution in [2.24, 2.45) is 12.0 Å². The van der Waals surface area contributed by atoms with Gasteiger partial charge in [-0.1, -0.05) is 34.5 Å². The average Bonchev–Trinajstić information content (AvgIpc) is 3.09. The zero-order valence-electron chi connectivity index (χ0n) is 15.8. The Bertz CT molecular complexity index is 1290. The van der Waals surface area contributed by atoms with E-state index < -0.39 is 15.9 Å². The summed E-state index contributed by atoms with van der Waals surface area (Å²) < 4.78 is 34.4. The number of aryl methyl sites for hydroxylation is 1. The minimum absolute atomic E-state index is 0.131. The third kappa shape index (κ3) is 3.93. The van der Waals surface area contributed by atoms with Crippen LogP contribution >= 0.6 is 34.5 Å². The summed E-state index contributed by atoms with van der Waals surface area (Å²) in [4.78, 5) is 17.4. The summed E-state index contributed by atoms with van der Waals surface area (Å²) in [6.07, 6.45) is 0. The molecule has 0 bridgehead atoms. The fourth-order valence-electron chi connectivity index (χ4n) is 3.14. The standard InChI is InChI=1S/C19H17Cl2N3O4S2/c1-23-16-14(20)6-7-15(21)17(16)29-19(23)22-18(25)12-2-4-13(5-3-12)30(26,27)24-8-10-28-11-9-24/h2-7H,8-11H2,1H3. The number of ether oxygens (including phenoxy) is 1. The summed E-state index contributed by atoms with van der Waals surface area (Å²) in [5, 5.41) is 1.04. The number of aromatic nitrogens is 1. The Morgan fingerprint density at radius 1 is 1.07 bits per heavy atom. The van der Waals surface area contributed by atoms with Crippen LogP contribution < -0.4 is 4.80 Å². The van der Waals surface area contributed by atoms with Crippen LogP contribution in [0.2, 0.25) is 10.0 Å². The van der Waals surface area contributed by atoms with Crippen molar-refractivity contribution < 1.29 is 17.9 Å². The van der Waals surface area contributed by atoms with Crippen LogP contribution in [0.15, 0.2) is 46.3 Å². The van der Waals surface area contributed by atoms with Crippen LogP contribution in [-0.2, 0) is 21.8 Å². The lowest BCUT2D eigenvalue weighted by Gasteiger charge is -2.26. The molecule has 1 amide bonds. The molecule has 158 valence electrons. The molecule has 0 radical (unpaired) electrons.